The molecule has 0 heterocycles. The van der Waals surface area contributed by atoms with E-state index in [0.29, 0.717) is 0 Å². The number of hydrogen-bond donors (Lipinski definition) is 2. The van der Waals surface area contributed by atoms with Crippen molar-refractivity contribution in [3.05, 3.63) is 12.2 Å². The van der Waals surface area contributed by atoms with Gasteiger partial charge in [0.1, 0.15) is 0 Å². The van der Waals surface area contributed by atoms with Gasteiger partial charge in [0, 0.05) is 24.7 Å². The SMILES string of the molecule is C=C(C(=O)OC)[C@H](C)C(CO)CO. The van der Waals surface area contributed by atoms with Crippen LogP contribution in [0, 0.1) is 11.8 Å². The third kappa shape index (κ3) is 3.16. The molecule has 0 aromatic heterocycles. The van der Waals surface area contributed by atoms with E-state index in [-0.39, 0.29) is 30.6 Å². The molecule has 0 fully saturated rings. The highest BCUT2D eigenvalue weighted by Gasteiger charge is 2.22. The third-order valence-electron chi connectivity index (χ3n) is 2.17. The topological polar surface area (TPSA) is 66.8 Å². The summed E-state index contributed by atoms with van der Waals surface area (Å²) in [6.07, 6.45) is 0. The summed E-state index contributed by atoms with van der Waals surface area (Å²) in [7, 11) is 1.27. The van der Waals surface area contributed by atoms with Crippen LogP contribution in [-0.2, 0) is 9.53 Å². The van der Waals surface area contributed by atoms with Crippen molar-refractivity contribution in [2.24, 2.45) is 11.8 Å². The first kappa shape index (κ1) is 12.1. The molecule has 1 atom stereocenters. The van der Waals surface area contributed by atoms with Gasteiger partial charge in [-0.25, -0.2) is 4.79 Å². The van der Waals surface area contributed by atoms with Gasteiger partial charge in [0.15, 0.2) is 0 Å². The summed E-state index contributed by atoms with van der Waals surface area (Å²) >= 11 is 0. The Balaban J connectivity index is 4.31. The van der Waals surface area contributed by atoms with Gasteiger partial charge in [0.25, 0.3) is 0 Å². The molecular weight excluding hydrogens is 172 g/mol. The molecule has 0 aromatic carbocycles. The van der Waals surface area contributed by atoms with Gasteiger partial charge in [0.05, 0.1) is 7.11 Å². The van der Waals surface area contributed by atoms with Crippen LogP contribution in [0.15, 0.2) is 12.2 Å². The van der Waals surface area contributed by atoms with Crippen LogP contribution in [0.4, 0.5) is 0 Å². The zero-order chi connectivity index (χ0) is 10.4. The molecule has 0 radical (unpaired) electrons. The van der Waals surface area contributed by atoms with E-state index in [4.69, 9.17) is 10.2 Å². The first-order valence-electron chi connectivity index (χ1n) is 4.07. The first-order chi connectivity index (χ1) is 6.08. The molecule has 0 aliphatic rings. The molecule has 2 N–H and O–H groups in total. The van der Waals surface area contributed by atoms with Crippen molar-refractivity contribution in [2.45, 2.75) is 6.92 Å². The third-order valence-corrected chi connectivity index (χ3v) is 2.17. The van der Waals surface area contributed by atoms with E-state index >= 15 is 0 Å². The van der Waals surface area contributed by atoms with E-state index in [1.165, 1.54) is 7.11 Å². The molecule has 4 heteroatoms. The van der Waals surface area contributed by atoms with Crippen molar-refractivity contribution in [3.63, 3.8) is 0 Å². The molecule has 0 rings (SSSR count). The van der Waals surface area contributed by atoms with E-state index in [0.717, 1.165) is 0 Å². The highest BCUT2D eigenvalue weighted by atomic mass is 16.5. The lowest BCUT2D eigenvalue weighted by molar-refractivity contribution is -0.136. The van der Waals surface area contributed by atoms with Crippen LogP contribution >= 0.6 is 0 Å². The van der Waals surface area contributed by atoms with E-state index in [1.807, 2.05) is 0 Å². The second-order valence-corrected chi connectivity index (χ2v) is 2.93. The van der Waals surface area contributed by atoms with Crippen LogP contribution in [0.1, 0.15) is 6.92 Å². The van der Waals surface area contributed by atoms with E-state index in [1.54, 1.807) is 6.92 Å². The van der Waals surface area contributed by atoms with Gasteiger partial charge in [-0.2, -0.15) is 0 Å². The number of hydrogen-bond acceptors (Lipinski definition) is 4. The highest BCUT2D eigenvalue weighted by molar-refractivity contribution is 5.88. The van der Waals surface area contributed by atoms with Crippen molar-refractivity contribution in [2.75, 3.05) is 20.3 Å². The lowest BCUT2D eigenvalue weighted by Gasteiger charge is -2.20. The summed E-state index contributed by atoms with van der Waals surface area (Å²) in [4.78, 5) is 11.0. The zero-order valence-corrected chi connectivity index (χ0v) is 7.99. The van der Waals surface area contributed by atoms with Crippen LogP contribution in [0.25, 0.3) is 0 Å². The Morgan fingerprint density at radius 1 is 1.46 bits per heavy atom. The van der Waals surface area contributed by atoms with Crippen molar-refractivity contribution >= 4 is 5.97 Å². The monoisotopic (exact) mass is 188 g/mol. The fourth-order valence-electron chi connectivity index (χ4n) is 0.975. The predicted octanol–water partition coefficient (Wildman–Crippen LogP) is -0.0475. The van der Waals surface area contributed by atoms with Crippen LogP contribution in [0.3, 0.4) is 0 Å². The van der Waals surface area contributed by atoms with Crippen molar-refractivity contribution in [3.8, 4) is 0 Å². The molecule has 13 heavy (non-hydrogen) atoms. The molecule has 0 bridgehead atoms. The number of rotatable bonds is 5. The summed E-state index contributed by atoms with van der Waals surface area (Å²) in [5, 5.41) is 17.7. The molecule has 0 aliphatic carbocycles. The van der Waals surface area contributed by atoms with Crippen LogP contribution < -0.4 is 0 Å². The Bertz CT molecular complexity index is 184. The minimum Gasteiger partial charge on any atom is -0.466 e. The van der Waals surface area contributed by atoms with Gasteiger partial charge < -0.3 is 14.9 Å². The van der Waals surface area contributed by atoms with Gasteiger partial charge in [-0.05, 0) is 5.92 Å². The number of methoxy groups -OCH3 is 1. The number of carbonyl (C=O) groups excluding carboxylic acids is 1. The molecule has 0 spiro atoms. The van der Waals surface area contributed by atoms with E-state index < -0.39 is 5.97 Å². The van der Waals surface area contributed by atoms with Gasteiger partial charge in [0.2, 0.25) is 0 Å². The second kappa shape index (κ2) is 5.72. The summed E-state index contributed by atoms with van der Waals surface area (Å²) in [5.41, 5.74) is 0.274. The van der Waals surface area contributed by atoms with E-state index in [2.05, 4.69) is 11.3 Å². The Hall–Kier alpha value is -0.870. The molecule has 0 amide bonds. The van der Waals surface area contributed by atoms with E-state index in [9.17, 15) is 4.79 Å². The normalized spacial score (nSPS) is 12.7. The molecule has 0 saturated carbocycles. The van der Waals surface area contributed by atoms with Gasteiger partial charge in [-0.1, -0.05) is 13.5 Å². The molecule has 0 aliphatic heterocycles. The van der Waals surface area contributed by atoms with Gasteiger partial charge in [-0.15, -0.1) is 0 Å². The standard InChI is InChI=1S/C9H16O4/c1-6(8(4-10)5-11)7(2)9(12)13-3/h6,8,10-11H,2,4-5H2,1,3H3/t6-/m0/s1. The highest BCUT2D eigenvalue weighted by Crippen LogP contribution is 2.19. The number of aliphatic hydroxyl groups is 2. The zero-order valence-electron chi connectivity index (χ0n) is 7.99. The minimum absolute atomic E-state index is 0.173. The largest absolute Gasteiger partial charge is 0.466 e. The average molecular weight is 188 g/mol. The number of carbonyl (C=O) groups is 1. The van der Waals surface area contributed by atoms with Gasteiger partial charge >= 0.3 is 5.97 Å². The summed E-state index contributed by atoms with van der Waals surface area (Å²) in [6.45, 7) is 4.92. The second-order valence-electron chi connectivity index (χ2n) is 2.93. The Kier molecular flexibility index (Phi) is 5.34. The number of ether oxygens (including phenoxy) is 1. The maximum absolute atomic E-state index is 11.0. The summed E-state index contributed by atoms with van der Waals surface area (Å²) in [6, 6.07) is 0. The maximum Gasteiger partial charge on any atom is 0.333 e. The number of aliphatic hydroxyl groups excluding tert-OH is 2. The smallest absolute Gasteiger partial charge is 0.333 e. The Morgan fingerprint density at radius 3 is 2.23 bits per heavy atom. The Morgan fingerprint density at radius 2 is 1.92 bits per heavy atom. The lowest BCUT2D eigenvalue weighted by Crippen LogP contribution is -2.24. The fourth-order valence-corrected chi connectivity index (χ4v) is 0.975. The minimum atomic E-state index is -0.501. The maximum atomic E-state index is 11.0. The Labute approximate surface area is 77.8 Å². The van der Waals surface area contributed by atoms with Crippen LogP contribution in [-0.4, -0.2) is 36.5 Å². The summed E-state index contributed by atoms with van der Waals surface area (Å²) < 4.78 is 4.47. The number of esters is 1. The van der Waals surface area contributed by atoms with Crippen molar-refractivity contribution < 1.29 is 19.7 Å². The summed E-state index contributed by atoms with van der Waals surface area (Å²) in [5.74, 6) is -1.13. The van der Waals surface area contributed by atoms with Crippen LogP contribution in [0.2, 0.25) is 0 Å². The van der Waals surface area contributed by atoms with Crippen molar-refractivity contribution in [1.82, 2.24) is 0 Å². The molecule has 0 saturated heterocycles. The van der Waals surface area contributed by atoms with Crippen LogP contribution in [0.5, 0.6) is 0 Å². The molecular formula is C9H16O4. The predicted molar refractivity (Wildman–Crippen MR) is 48.0 cm³/mol. The average Bonchev–Trinajstić information content (AvgIpc) is 2.17. The molecule has 0 unspecified atom stereocenters. The lowest BCUT2D eigenvalue weighted by atomic mass is 9.89. The fraction of sp³-hybridized carbons (Fsp3) is 0.667. The molecule has 4 nitrogen and oxygen atoms in total. The first-order valence-corrected chi connectivity index (χ1v) is 4.07. The van der Waals surface area contributed by atoms with Gasteiger partial charge in [-0.3, -0.25) is 0 Å². The quantitative estimate of drug-likeness (QED) is 0.469. The molecule has 76 valence electrons. The van der Waals surface area contributed by atoms with Crippen molar-refractivity contribution in [1.29, 1.82) is 0 Å². The molecule has 0 aromatic rings.